The highest BCUT2D eigenvalue weighted by Gasteiger charge is 2.40. The molecular weight excluding hydrogens is 278 g/mol. The maximum Gasteiger partial charge on any atom is 0.327 e. The minimum Gasteiger partial charge on any atom is -0.481 e. The van der Waals surface area contributed by atoms with Crippen LogP contribution in [-0.4, -0.2) is 76.8 Å². The summed E-state index contributed by atoms with van der Waals surface area (Å²) in [4.78, 5) is 50.3. The fourth-order valence-corrected chi connectivity index (χ4v) is 2.52. The number of carboxylic acid groups (broad SMARTS) is 1. The third-order valence-electron chi connectivity index (χ3n) is 4.26. The van der Waals surface area contributed by atoms with Crippen LogP contribution in [0.4, 0.5) is 4.79 Å². The first kappa shape index (κ1) is 15.3. The van der Waals surface area contributed by atoms with Crippen molar-refractivity contribution >= 4 is 23.8 Å². The molecule has 0 unspecified atom stereocenters. The number of urea groups is 1. The summed E-state index contributed by atoms with van der Waals surface area (Å²) in [5.41, 5.74) is -0.809. The predicted molar refractivity (Wildman–Crippen MR) is 71.3 cm³/mol. The number of carbonyl (C=O) groups is 4. The second-order valence-electron chi connectivity index (χ2n) is 5.87. The second-order valence-corrected chi connectivity index (χ2v) is 5.87. The SMILES string of the molecule is CN1CC(=O)N(CC(=O)N2CCC(C)(C(=O)O)CC2)C1=O. The highest BCUT2D eigenvalue weighted by Crippen LogP contribution is 2.31. The summed E-state index contributed by atoms with van der Waals surface area (Å²) in [6.07, 6.45) is 0.742. The molecular formula is C13H19N3O5. The van der Waals surface area contributed by atoms with Crippen molar-refractivity contribution in [3.8, 4) is 0 Å². The zero-order chi connectivity index (χ0) is 15.8. The van der Waals surface area contributed by atoms with Gasteiger partial charge in [0, 0.05) is 20.1 Å². The number of hydrogen-bond donors (Lipinski definition) is 1. The van der Waals surface area contributed by atoms with Gasteiger partial charge in [-0.1, -0.05) is 0 Å². The minimum atomic E-state index is -0.860. The molecule has 0 radical (unpaired) electrons. The van der Waals surface area contributed by atoms with Gasteiger partial charge in [-0.05, 0) is 19.8 Å². The Kier molecular flexibility index (Phi) is 3.89. The minimum absolute atomic E-state index is 0.0107. The maximum absolute atomic E-state index is 12.1. The first-order valence-corrected chi connectivity index (χ1v) is 6.81. The van der Waals surface area contributed by atoms with Gasteiger partial charge in [0.15, 0.2) is 0 Å². The lowest BCUT2D eigenvalue weighted by Crippen LogP contribution is -2.49. The van der Waals surface area contributed by atoms with E-state index in [1.807, 2.05) is 0 Å². The molecule has 0 atom stereocenters. The standard InChI is InChI=1S/C13H19N3O5/c1-13(11(19)20)3-5-15(6-4-13)9(17)8-16-10(18)7-14(2)12(16)21/h3-8H2,1-2H3,(H,19,20). The van der Waals surface area contributed by atoms with Crippen LogP contribution >= 0.6 is 0 Å². The molecule has 0 bridgehead atoms. The number of likely N-dealkylation sites (N-methyl/N-ethyl adjacent to an activating group) is 1. The lowest BCUT2D eigenvalue weighted by atomic mass is 9.80. The fraction of sp³-hybridized carbons (Fsp3) is 0.692. The van der Waals surface area contributed by atoms with Gasteiger partial charge >= 0.3 is 12.0 Å². The third-order valence-corrected chi connectivity index (χ3v) is 4.26. The smallest absolute Gasteiger partial charge is 0.327 e. The van der Waals surface area contributed by atoms with Gasteiger partial charge in [0.1, 0.15) is 13.1 Å². The van der Waals surface area contributed by atoms with Gasteiger partial charge in [0.2, 0.25) is 5.91 Å². The van der Waals surface area contributed by atoms with Crippen molar-refractivity contribution in [1.29, 1.82) is 0 Å². The fourth-order valence-electron chi connectivity index (χ4n) is 2.52. The number of hydrogen-bond acceptors (Lipinski definition) is 4. The molecule has 0 aliphatic carbocycles. The van der Waals surface area contributed by atoms with Crippen LogP contribution < -0.4 is 0 Å². The van der Waals surface area contributed by atoms with Crippen LogP contribution in [0.5, 0.6) is 0 Å². The molecule has 8 heteroatoms. The van der Waals surface area contributed by atoms with Crippen LogP contribution in [0.3, 0.4) is 0 Å². The summed E-state index contributed by atoms with van der Waals surface area (Å²) in [5, 5.41) is 9.14. The predicted octanol–water partition coefficient (Wildman–Crippen LogP) is -0.406. The van der Waals surface area contributed by atoms with Crippen LogP contribution in [0.2, 0.25) is 0 Å². The van der Waals surface area contributed by atoms with E-state index in [2.05, 4.69) is 0 Å². The number of carbonyl (C=O) groups excluding carboxylic acids is 3. The van der Waals surface area contributed by atoms with Crippen LogP contribution in [0.1, 0.15) is 19.8 Å². The number of piperidine rings is 1. The van der Waals surface area contributed by atoms with Crippen molar-refractivity contribution in [1.82, 2.24) is 14.7 Å². The van der Waals surface area contributed by atoms with Gasteiger partial charge in [-0.25, -0.2) is 4.79 Å². The van der Waals surface area contributed by atoms with E-state index in [0.717, 1.165) is 4.90 Å². The normalized spacial score (nSPS) is 21.9. The number of amides is 4. The third kappa shape index (κ3) is 2.84. The summed E-state index contributed by atoms with van der Waals surface area (Å²) in [6, 6.07) is -0.472. The highest BCUT2D eigenvalue weighted by molar-refractivity contribution is 6.04. The lowest BCUT2D eigenvalue weighted by Gasteiger charge is -2.36. The molecule has 2 aliphatic heterocycles. The molecule has 2 heterocycles. The summed E-state index contributed by atoms with van der Waals surface area (Å²) in [6.45, 7) is 2.04. The van der Waals surface area contributed by atoms with Gasteiger partial charge in [-0.2, -0.15) is 0 Å². The first-order chi connectivity index (χ1) is 9.74. The summed E-state index contributed by atoms with van der Waals surface area (Å²) >= 11 is 0. The number of likely N-dealkylation sites (tertiary alicyclic amines) is 1. The van der Waals surface area contributed by atoms with E-state index in [0.29, 0.717) is 25.9 Å². The van der Waals surface area contributed by atoms with Gasteiger partial charge < -0.3 is 14.9 Å². The van der Waals surface area contributed by atoms with Crippen molar-refractivity contribution < 1.29 is 24.3 Å². The van der Waals surface area contributed by atoms with Gasteiger partial charge in [-0.15, -0.1) is 0 Å². The Morgan fingerprint density at radius 3 is 2.24 bits per heavy atom. The molecule has 0 spiro atoms. The Bertz CT molecular complexity index is 496. The Morgan fingerprint density at radius 1 is 1.24 bits per heavy atom. The maximum atomic E-state index is 12.1. The summed E-state index contributed by atoms with van der Waals surface area (Å²) in [5.74, 6) is -1.57. The molecule has 1 N–H and O–H groups in total. The zero-order valence-corrected chi connectivity index (χ0v) is 12.2. The van der Waals surface area contributed by atoms with Crippen LogP contribution in [0, 0.1) is 5.41 Å². The highest BCUT2D eigenvalue weighted by atomic mass is 16.4. The van der Waals surface area contributed by atoms with Crippen LogP contribution in [0.25, 0.3) is 0 Å². The molecule has 4 amide bonds. The van der Waals surface area contributed by atoms with Gasteiger partial charge in [0.05, 0.1) is 5.41 Å². The first-order valence-electron chi connectivity index (χ1n) is 6.81. The number of carboxylic acids is 1. The number of aliphatic carboxylic acids is 1. The Hall–Kier alpha value is -2.12. The van der Waals surface area contributed by atoms with Crippen molar-refractivity contribution in [2.75, 3.05) is 33.2 Å². The Morgan fingerprint density at radius 2 is 1.81 bits per heavy atom. The van der Waals surface area contributed by atoms with Crippen LogP contribution in [-0.2, 0) is 14.4 Å². The molecule has 0 aromatic heterocycles. The number of rotatable bonds is 3. The second kappa shape index (κ2) is 5.34. The molecule has 2 rings (SSSR count). The van der Waals surface area contributed by atoms with E-state index in [-0.39, 0.29) is 24.9 Å². The van der Waals surface area contributed by atoms with Crippen molar-refractivity contribution in [2.24, 2.45) is 5.41 Å². The Balaban J connectivity index is 1.93. The molecule has 0 saturated carbocycles. The number of imide groups is 1. The number of nitrogens with zero attached hydrogens (tertiary/aromatic N) is 3. The van der Waals surface area contributed by atoms with Crippen molar-refractivity contribution in [3.05, 3.63) is 0 Å². The van der Waals surface area contributed by atoms with E-state index in [1.54, 1.807) is 6.92 Å². The molecule has 8 nitrogen and oxygen atoms in total. The topological polar surface area (TPSA) is 98.2 Å². The monoisotopic (exact) mass is 297 g/mol. The van der Waals surface area contributed by atoms with E-state index in [9.17, 15) is 19.2 Å². The zero-order valence-electron chi connectivity index (χ0n) is 12.2. The van der Waals surface area contributed by atoms with Crippen molar-refractivity contribution in [2.45, 2.75) is 19.8 Å². The van der Waals surface area contributed by atoms with E-state index >= 15 is 0 Å². The largest absolute Gasteiger partial charge is 0.481 e. The average Bonchev–Trinajstić information content (AvgIpc) is 2.66. The molecule has 0 aromatic carbocycles. The summed E-state index contributed by atoms with van der Waals surface area (Å²) < 4.78 is 0. The summed E-state index contributed by atoms with van der Waals surface area (Å²) in [7, 11) is 1.50. The van der Waals surface area contributed by atoms with E-state index in [4.69, 9.17) is 5.11 Å². The van der Waals surface area contributed by atoms with E-state index < -0.39 is 17.4 Å². The lowest BCUT2D eigenvalue weighted by molar-refractivity contribution is -0.153. The van der Waals surface area contributed by atoms with Gasteiger partial charge in [0.25, 0.3) is 5.91 Å². The van der Waals surface area contributed by atoms with E-state index in [1.165, 1.54) is 16.8 Å². The van der Waals surface area contributed by atoms with Gasteiger partial charge in [-0.3, -0.25) is 19.3 Å². The molecule has 2 saturated heterocycles. The molecule has 2 fully saturated rings. The van der Waals surface area contributed by atoms with Crippen LogP contribution in [0.15, 0.2) is 0 Å². The molecule has 21 heavy (non-hydrogen) atoms. The quantitative estimate of drug-likeness (QED) is 0.714. The average molecular weight is 297 g/mol. The molecule has 116 valence electrons. The van der Waals surface area contributed by atoms with Crippen molar-refractivity contribution in [3.63, 3.8) is 0 Å². The Labute approximate surface area is 122 Å². The molecule has 0 aromatic rings. The molecule has 2 aliphatic rings.